The zero-order valence-electron chi connectivity index (χ0n) is 15.2. The number of benzene rings is 1. The molecule has 9 heteroatoms. The third kappa shape index (κ3) is 3.90. The number of para-hydroxylation sites is 1. The number of anilines is 1. The summed E-state index contributed by atoms with van der Waals surface area (Å²) >= 11 is 1.14. The molecular formula is C19H18N2O6S. The first-order chi connectivity index (χ1) is 13.4. The Morgan fingerprint density at radius 2 is 2.00 bits per heavy atom. The maximum absolute atomic E-state index is 12.6. The zero-order valence-corrected chi connectivity index (χ0v) is 16.0. The topological polar surface area (TPSA) is 121 Å². The molecule has 3 rings (SSSR count). The molecule has 0 aliphatic rings. The van der Waals surface area contributed by atoms with Crippen LogP contribution in [0.25, 0.3) is 11.0 Å². The van der Waals surface area contributed by atoms with Crippen LogP contribution in [-0.4, -0.2) is 31.0 Å². The number of amides is 2. The van der Waals surface area contributed by atoms with E-state index < -0.39 is 23.9 Å². The van der Waals surface area contributed by atoms with Gasteiger partial charge in [-0.25, -0.2) is 4.79 Å². The summed E-state index contributed by atoms with van der Waals surface area (Å²) in [6, 6.07) is 8.64. The van der Waals surface area contributed by atoms with Gasteiger partial charge >= 0.3 is 5.97 Å². The van der Waals surface area contributed by atoms with Crippen LogP contribution < -0.4 is 11.1 Å². The van der Waals surface area contributed by atoms with E-state index in [0.717, 1.165) is 16.7 Å². The average Bonchev–Trinajstić information content (AvgIpc) is 3.27. The lowest BCUT2D eigenvalue weighted by molar-refractivity contribution is -0.123. The molecule has 3 aromatic rings. The molecule has 0 saturated carbocycles. The Morgan fingerprint density at radius 3 is 2.71 bits per heavy atom. The van der Waals surface area contributed by atoms with Crippen LogP contribution in [0.3, 0.4) is 0 Å². The van der Waals surface area contributed by atoms with E-state index in [9.17, 15) is 14.4 Å². The lowest BCUT2D eigenvalue weighted by atomic mass is 10.1. The molecule has 0 bridgehead atoms. The lowest BCUT2D eigenvalue weighted by Gasteiger charge is -2.13. The Balaban J connectivity index is 1.76. The minimum atomic E-state index is -1.13. The Kier molecular flexibility index (Phi) is 5.76. The Hall–Kier alpha value is -3.17. The zero-order chi connectivity index (χ0) is 20.3. The van der Waals surface area contributed by atoms with Gasteiger partial charge in [0, 0.05) is 18.1 Å². The van der Waals surface area contributed by atoms with Crippen molar-refractivity contribution in [3.8, 4) is 0 Å². The molecule has 28 heavy (non-hydrogen) atoms. The van der Waals surface area contributed by atoms with E-state index in [0.29, 0.717) is 16.1 Å². The molecular weight excluding hydrogens is 384 g/mol. The molecule has 2 aromatic heterocycles. The average molecular weight is 402 g/mol. The quantitative estimate of drug-likeness (QED) is 0.586. The van der Waals surface area contributed by atoms with Gasteiger partial charge in [0.15, 0.2) is 6.10 Å². The van der Waals surface area contributed by atoms with Gasteiger partial charge in [0.25, 0.3) is 11.8 Å². The summed E-state index contributed by atoms with van der Waals surface area (Å²) in [5.74, 6) is -2.06. The van der Waals surface area contributed by atoms with E-state index >= 15 is 0 Å². The number of fused-ring (bicyclic) bond motifs is 1. The number of hydrogen-bond donors (Lipinski definition) is 2. The third-order valence-electron chi connectivity index (χ3n) is 3.99. The van der Waals surface area contributed by atoms with Crippen molar-refractivity contribution in [3.63, 3.8) is 0 Å². The van der Waals surface area contributed by atoms with Gasteiger partial charge in [0.2, 0.25) is 5.76 Å². The number of esters is 1. The van der Waals surface area contributed by atoms with Gasteiger partial charge in [-0.3, -0.25) is 9.59 Å². The number of ether oxygens (including phenoxy) is 2. The summed E-state index contributed by atoms with van der Waals surface area (Å²) in [5.41, 5.74) is 6.51. The second-order valence-corrected chi connectivity index (χ2v) is 6.82. The maximum atomic E-state index is 12.6. The molecule has 2 heterocycles. The summed E-state index contributed by atoms with van der Waals surface area (Å²) in [5, 5.41) is 5.19. The summed E-state index contributed by atoms with van der Waals surface area (Å²) in [7, 11) is 1.50. The molecule has 3 N–H and O–H groups in total. The third-order valence-corrected chi connectivity index (χ3v) is 4.82. The first-order valence-electron chi connectivity index (χ1n) is 8.30. The standard InChI is InChI=1S/C19H18N2O6S/c1-10(17(23)21-18-12(16(20)22)7-8-28-18)26-19(24)15-13(9-25-2)11-5-3-4-6-14(11)27-15/h3-8,10H,9H2,1-2H3,(H2,20,22)(H,21,23)/t10-/m0/s1. The SMILES string of the molecule is COCc1c(C(=O)O[C@@H](C)C(=O)Nc2sccc2C(N)=O)oc2ccccc12. The van der Waals surface area contributed by atoms with Crippen LogP contribution in [0.4, 0.5) is 5.00 Å². The van der Waals surface area contributed by atoms with E-state index in [1.807, 2.05) is 12.1 Å². The van der Waals surface area contributed by atoms with Gasteiger partial charge in [-0.15, -0.1) is 11.3 Å². The van der Waals surface area contributed by atoms with Crippen molar-refractivity contribution in [1.82, 2.24) is 0 Å². The molecule has 146 valence electrons. The van der Waals surface area contributed by atoms with Crippen LogP contribution in [0, 0.1) is 0 Å². The predicted octanol–water partition coefficient (Wildman–Crippen LogP) is 2.92. The summed E-state index contributed by atoms with van der Waals surface area (Å²) in [6.45, 7) is 1.57. The molecule has 0 radical (unpaired) electrons. The van der Waals surface area contributed by atoms with Crippen molar-refractivity contribution in [2.45, 2.75) is 19.6 Å². The first-order valence-corrected chi connectivity index (χ1v) is 9.18. The normalized spacial score (nSPS) is 11.9. The highest BCUT2D eigenvalue weighted by molar-refractivity contribution is 7.14. The van der Waals surface area contributed by atoms with E-state index in [2.05, 4.69) is 5.32 Å². The largest absolute Gasteiger partial charge is 0.449 e. The van der Waals surface area contributed by atoms with Crippen LogP contribution in [0.5, 0.6) is 0 Å². The highest BCUT2D eigenvalue weighted by Gasteiger charge is 2.26. The number of primary amides is 1. The fourth-order valence-electron chi connectivity index (χ4n) is 2.63. The predicted molar refractivity (Wildman–Crippen MR) is 103 cm³/mol. The first kappa shape index (κ1) is 19.6. The molecule has 0 aliphatic carbocycles. The van der Waals surface area contributed by atoms with Crippen molar-refractivity contribution in [2.24, 2.45) is 5.73 Å². The van der Waals surface area contributed by atoms with Gasteiger partial charge in [0.1, 0.15) is 10.6 Å². The minimum absolute atomic E-state index is 0.0170. The van der Waals surface area contributed by atoms with Crippen molar-refractivity contribution in [2.75, 3.05) is 12.4 Å². The van der Waals surface area contributed by atoms with E-state index in [1.54, 1.807) is 17.5 Å². The van der Waals surface area contributed by atoms with Crippen molar-refractivity contribution in [1.29, 1.82) is 0 Å². The number of rotatable bonds is 7. The fourth-order valence-corrected chi connectivity index (χ4v) is 3.43. The molecule has 1 atom stereocenters. The number of nitrogens with one attached hydrogen (secondary N) is 1. The van der Waals surface area contributed by atoms with E-state index in [-0.39, 0.29) is 17.9 Å². The molecule has 8 nitrogen and oxygen atoms in total. The highest BCUT2D eigenvalue weighted by atomic mass is 32.1. The number of thiophene rings is 1. The number of hydrogen-bond acceptors (Lipinski definition) is 7. The van der Waals surface area contributed by atoms with Gasteiger partial charge in [0.05, 0.1) is 12.2 Å². The fraction of sp³-hybridized carbons (Fsp3) is 0.211. The molecule has 0 spiro atoms. The highest BCUT2D eigenvalue weighted by Crippen LogP contribution is 2.28. The molecule has 1 aromatic carbocycles. The number of methoxy groups -OCH3 is 1. The molecule has 0 unspecified atom stereocenters. The second-order valence-electron chi connectivity index (χ2n) is 5.90. The minimum Gasteiger partial charge on any atom is -0.449 e. The Labute approximate surface area is 164 Å². The summed E-state index contributed by atoms with van der Waals surface area (Å²) in [6.07, 6.45) is -1.13. The summed E-state index contributed by atoms with van der Waals surface area (Å²) < 4.78 is 16.0. The van der Waals surface area contributed by atoms with Gasteiger partial charge in [-0.05, 0) is 24.4 Å². The van der Waals surface area contributed by atoms with Crippen LogP contribution in [0.15, 0.2) is 40.1 Å². The van der Waals surface area contributed by atoms with E-state index in [1.165, 1.54) is 20.1 Å². The van der Waals surface area contributed by atoms with Gasteiger partial charge in [-0.2, -0.15) is 0 Å². The van der Waals surface area contributed by atoms with Crippen molar-refractivity contribution < 1.29 is 28.3 Å². The maximum Gasteiger partial charge on any atom is 0.375 e. The molecule has 2 amide bonds. The van der Waals surface area contributed by atoms with Crippen LogP contribution in [0.1, 0.15) is 33.4 Å². The van der Waals surface area contributed by atoms with Crippen LogP contribution in [0.2, 0.25) is 0 Å². The van der Waals surface area contributed by atoms with Crippen molar-refractivity contribution >= 4 is 45.1 Å². The smallest absolute Gasteiger partial charge is 0.375 e. The van der Waals surface area contributed by atoms with E-state index in [4.69, 9.17) is 19.6 Å². The van der Waals surface area contributed by atoms with Gasteiger partial charge < -0.3 is 24.9 Å². The molecule has 0 saturated heterocycles. The van der Waals surface area contributed by atoms with Crippen LogP contribution in [-0.2, 0) is 20.9 Å². The van der Waals surface area contributed by atoms with Crippen molar-refractivity contribution in [3.05, 3.63) is 52.6 Å². The molecule has 0 aliphatic heterocycles. The number of carbonyl (C=O) groups is 3. The summed E-state index contributed by atoms with van der Waals surface area (Å²) in [4.78, 5) is 36.3. The lowest BCUT2D eigenvalue weighted by Crippen LogP contribution is -2.30. The monoisotopic (exact) mass is 402 g/mol. The van der Waals surface area contributed by atoms with Gasteiger partial charge in [-0.1, -0.05) is 18.2 Å². The number of nitrogens with two attached hydrogens (primary N) is 1. The molecule has 0 fully saturated rings. The Morgan fingerprint density at radius 1 is 1.25 bits per heavy atom. The van der Waals surface area contributed by atoms with Crippen LogP contribution >= 0.6 is 11.3 Å². The number of carbonyl (C=O) groups excluding carboxylic acids is 3. The Bertz CT molecular complexity index is 1040. The number of furan rings is 1. The second kappa shape index (κ2) is 8.24.